The molecule has 1 aliphatic heterocycles. The van der Waals surface area contributed by atoms with Crippen LogP contribution >= 0.6 is 0 Å². The Bertz CT molecular complexity index is 671. The maximum atomic E-state index is 11.0. The van der Waals surface area contributed by atoms with E-state index in [0.29, 0.717) is 17.6 Å². The van der Waals surface area contributed by atoms with E-state index in [1.807, 2.05) is 10.9 Å². The summed E-state index contributed by atoms with van der Waals surface area (Å²) in [6, 6.07) is 3.76. The lowest BCUT2D eigenvalue weighted by molar-refractivity contribution is -0.114. The van der Waals surface area contributed by atoms with Gasteiger partial charge in [-0.05, 0) is 6.42 Å². The molecular formula is C14H18N6O2. The third-order valence-electron chi connectivity index (χ3n) is 3.56. The molecule has 0 radical (unpaired) electrons. The number of aromatic nitrogens is 4. The molecule has 3 rings (SSSR count). The normalized spacial score (nSPS) is 17.5. The lowest BCUT2D eigenvalue weighted by Gasteiger charge is -2.16. The van der Waals surface area contributed by atoms with E-state index in [1.165, 1.54) is 6.92 Å². The van der Waals surface area contributed by atoms with Crippen molar-refractivity contribution in [1.82, 2.24) is 19.7 Å². The molecule has 0 unspecified atom stereocenters. The second kappa shape index (κ2) is 6.00. The van der Waals surface area contributed by atoms with Gasteiger partial charge in [-0.3, -0.25) is 9.48 Å². The van der Waals surface area contributed by atoms with Crippen molar-refractivity contribution in [2.75, 3.05) is 30.4 Å². The Hall–Kier alpha value is -2.64. The molecule has 3 heterocycles. The summed E-state index contributed by atoms with van der Waals surface area (Å²) in [5.74, 6) is 1.67. The summed E-state index contributed by atoms with van der Waals surface area (Å²) in [7, 11) is 1.59. The van der Waals surface area contributed by atoms with Crippen LogP contribution in [0.5, 0.6) is 5.88 Å². The predicted octanol–water partition coefficient (Wildman–Crippen LogP) is 1.09. The molecular weight excluding hydrogens is 284 g/mol. The van der Waals surface area contributed by atoms with Crippen LogP contribution in [0.2, 0.25) is 0 Å². The number of hydrogen-bond acceptors (Lipinski definition) is 6. The number of carbonyl (C=O) groups is 1. The number of amides is 1. The molecule has 0 aromatic carbocycles. The third kappa shape index (κ3) is 3.00. The predicted molar refractivity (Wildman–Crippen MR) is 81.0 cm³/mol. The topological polar surface area (TPSA) is 85.2 Å². The van der Waals surface area contributed by atoms with Gasteiger partial charge in [0.05, 0.1) is 13.2 Å². The first kappa shape index (κ1) is 14.3. The molecule has 8 nitrogen and oxygen atoms in total. The van der Waals surface area contributed by atoms with E-state index < -0.39 is 0 Å². The molecule has 1 saturated heterocycles. The van der Waals surface area contributed by atoms with Crippen LogP contribution in [0.25, 0.3) is 0 Å². The monoisotopic (exact) mass is 302 g/mol. The largest absolute Gasteiger partial charge is 0.481 e. The quantitative estimate of drug-likeness (QED) is 0.910. The van der Waals surface area contributed by atoms with E-state index in [4.69, 9.17) is 4.74 Å². The SMILES string of the molecule is COc1ccnc(N2CC[C@@H](n3ccc(NC(C)=O)n3)C2)n1. The highest BCUT2D eigenvalue weighted by Gasteiger charge is 2.26. The highest BCUT2D eigenvalue weighted by Crippen LogP contribution is 2.25. The summed E-state index contributed by atoms with van der Waals surface area (Å²) < 4.78 is 7.01. The molecule has 0 spiro atoms. The van der Waals surface area contributed by atoms with E-state index in [2.05, 4.69) is 25.3 Å². The molecule has 1 fully saturated rings. The Kier molecular flexibility index (Phi) is 3.90. The smallest absolute Gasteiger partial charge is 0.228 e. The number of nitrogens with one attached hydrogen (secondary N) is 1. The fraction of sp³-hybridized carbons (Fsp3) is 0.429. The number of anilines is 2. The Labute approximate surface area is 128 Å². The molecule has 22 heavy (non-hydrogen) atoms. The van der Waals surface area contributed by atoms with E-state index in [-0.39, 0.29) is 11.9 Å². The Morgan fingerprint density at radius 1 is 1.45 bits per heavy atom. The zero-order chi connectivity index (χ0) is 15.5. The van der Waals surface area contributed by atoms with Gasteiger partial charge in [-0.1, -0.05) is 0 Å². The first-order valence-electron chi connectivity index (χ1n) is 7.10. The summed E-state index contributed by atoms with van der Waals surface area (Å²) >= 11 is 0. The van der Waals surface area contributed by atoms with Crippen molar-refractivity contribution in [2.45, 2.75) is 19.4 Å². The summed E-state index contributed by atoms with van der Waals surface area (Å²) in [5.41, 5.74) is 0. The summed E-state index contributed by atoms with van der Waals surface area (Å²) in [4.78, 5) is 21.8. The molecule has 0 aliphatic carbocycles. The number of nitrogens with zero attached hydrogens (tertiary/aromatic N) is 5. The summed E-state index contributed by atoms with van der Waals surface area (Å²) in [6.07, 6.45) is 4.52. The first-order chi connectivity index (χ1) is 10.7. The summed E-state index contributed by atoms with van der Waals surface area (Å²) in [6.45, 7) is 3.10. The van der Waals surface area contributed by atoms with Gasteiger partial charge in [0.25, 0.3) is 0 Å². The van der Waals surface area contributed by atoms with Crippen molar-refractivity contribution in [3.05, 3.63) is 24.5 Å². The molecule has 8 heteroatoms. The van der Waals surface area contributed by atoms with Crippen LogP contribution in [0, 0.1) is 0 Å². The zero-order valence-electron chi connectivity index (χ0n) is 12.6. The van der Waals surface area contributed by atoms with Gasteiger partial charge in [0, 0.05) is 44.5 Å². The highest BCUT2D eigenvalue weighted by molar-refractivity contribution is 5.87. The Morgan fingerprint density at radius 2 is 2.32 bits per heavy atom. The molecule has 1 atom stereocenters. The van der Waals surface area contributed by atoms with Crippen molar-refractivity contribution in [1.29, 1.82) is 0 Å². The Morgan fingerprint density at radius 3 is 3.09 bits per heavy atom. The Balaban J connectivity index is 1.69. The van der Waals surface area contributed by atoms with Crippen molar-refractivity contribution in [2.24, 2.45) is 0 Å². The summed E-state index contributed by atoms with van der Waals surface area (Å²) in [5, 5.41) is 7.07. The van der Waals surface area contributed by atoms with Gasteiger partial charge < -0.3 is 15.0 Å². The minimum atomic E-state index is -0.122. The number of hydrogen-bond donors (Lipinski definition) is 1. The van der Waals surface area contributed by atoms with Crippen LogP contribution in [0.3, 0.4) is 0 Å². The van der Waals surface area contributed by atoms with Crippen LogP contribution in [0.4, 0.5) is 11.8 Å². The number of carbonyl (C=O) groups excluding carboxylic acids is 1. The van der Waals surface area contributed by atoms with E-state index >= 15 is 0 Å². The molecule has 1 N–H and O–H groups in total. The van der Waals surface area contributed by atoms with Crippen LogP contribution in [-0.4, -0.2) is 45.9 Å². The van der Waals surface area contributed by atoms with E-state index in [0.717, 1.165) is 19.5 Å². The highest BCUT2D eigenvalue weighted by atomic mass is 16.5. The lowest BCUT2D eigenvalue weighted by atomic mass is 10.3. The van der Waals surface area contributed by atoms with Gasteiger partial charge in [-0.2, -0.15) is 10.1 Å². The zero-order valence-corrected chi connectivity index (χ0v) is 12.6. The van der Waals surface area contributed by atoms with Gasteiger partial charge in [0.15, 0.2) is 5.82 Å². The third-order valence-corrected chi connectivity index (χ3v) is 3.56. The minimum Gasteiger partial charge on any atom is -0.481 e. The molecule has 1 aliphatic rings. The average Bonchev–Trinajstić information content (AvgIpc) is 3.15. The fourth-order valence-corrected chi connectivity index (χ4v) is 2.53. The average molecular weight is 302 g/mol. The number of rotatable bonds is 4. The van der Waals surface area contributed by atoms with Crippen LogP contribution in [0.15, 0.2) is 24.5 Å². The van der Waals surface area contributed by atoms with Crippen molar-refractivity contribution < 1.29 is 9.53 Å². The van der Waals surface area contributed by atoms with Crippen LogP contribution in [-0.2, 0) is 4.79 Å². The van der Waals surface area contributed by atoms with Gasteiger partial charge in [-0.25, -0.2) is 4.98 Å². The molecule has 0 saturated carbocycles. The standard InChI is InChI=1S/C14H18N6O2/c1-10(21)16-12-5-8-20(18-12)11-4-7-19(9-11)14-15-6-3-13(17-14)22-2/h3,5-6,8,11H,4,7,9H2,1-2H3,(H,16,18,21)/t11-/m1/s1. The molecule has 0 bridgehead atoms. The fourth-order valence-electron chi connectivity index (χ4n) is 2.53. The lowest BCUT2D eigenvalue weighted by Crippen LogP contribution is -2.23. The van der Waals surface area contributed by atoms with Gasteiger partial charge >= 0.3 is 0 Å². The van der Waals surface area contributed by atoms with Crippen LogP contribution in [0.1, 0.15) is 19.4 Å². The maximum Gasteiger partial charge on any atom is 0.228 e. The number of methoxy groups -OCH3 is 1. The van der Waals surface area contributed by atoms with Crippen molar-refractivity contribution >= 4 is 17.7 Å². The van der Waals surface area contributed by atoms with Crippen molar-refractivity contribution in [3.8, 4) is 5.88 Å². The molecule has 2 aromatic rings. The number of ether oxygens (including phenoxy) is 1. The molecule has 2 aromatic heterocycles. The second-order valence-corrected chi connectivity index (χ2v) is 5.15. The molecule has 116 valence electrons. The van der Waals surface area contributed by atoms with E-state index in [1.54, 1.807) is 25.4 Å². The van der Waals surface area contributed by atoms with Gasteiger partial charge in [0.1, 0.15) is 0 Å². The van der Waals surface area contributed by atoms with E-state index in [9.17, 15) is 4.79 Å². The maximum absolute atomic E-state index is 11.0. The van der Waals surface area contributed by atoms with Gasteiger partial charge in [-0.15, -0.1) is 0 Å². The minimum absolute atomic E-state index is 0.122. The van der Waals surface area contributed by atoms with Crippen LogP contribution < -0.4 is 15.0 Å². The molecule has 1 amide bonds. The van der Waals surface area contributed by atoms with Crippen molar-refractivity contribution in [3.63, 3.8) is 0 Å². The van der Waals surface area contributed by atoms with Gasteiger partial charge in [0.2, 0.25) is 17.7 Å². The first-order valence-corrected chi connectivity index (χ1v) is 7.10. The second-order valence-electron chi connectivity index (χ2n) is 5.15.